The second-order valence-corrected chi connectivity index (χ2v) is 4.86. The predicted molar refractivity (Wildman–Crippen MR) is 56.9 cm³/mol. The second kappa shape index (κ2) is 3.89. The van der Waals surface area contributed by atoms with E-state index in [4.69, 9.17) is 5.21 Å². The predicted octanol–water partition coefficient (Wildman–Crippen LogP) is 2.25. The molecule has 2 rings (SSSR count). The lowest BCUT2D eigenvalue weighted by atomic mass is 9.94. The first-order valence-electron chi connectivity index (χ1n) is 5.69. The van der Waals surface area contributed by atoms with Gasteiger partial charge in [0.05, 0.1) is 5.71 Å². The Kier molecular flexibility index (Phi) is 2.77. The zero-order valence-electron chi connectivity index (χ0n) is 9.00. The van der Waals surface area contributed by atoms with Gasteiger partial charge in [-0.05, 0) is 19.8 Å². The molecule has 80 valence electrons. The number of likely N-dealkylation sites (tertiary alicyclic amines) is 1. The lowest BCUT2D eigenvalue weighted by molar-refractivity contribution is 0.107. The highest BCUT2D eigenvalue weighted by Crippen LogP contribution is 2.35. The van der Waals surface area contributed by atoms with Crippen LogP contribution in [0.3, 0.4) is 0 Å². The maximum atomic E-state index is 8.68. The minimum absolute atomic E-state index is 0.445. The van der Waals surface area contributed by atoms with Crippen molar-refractivity contribution in [3.63, 3.8) is 0 Å². The number of piperidine rings is 1. The molecule has 0 unspecified atom stereocenters. The first-order valence-corrected chi connectivity index (χ1v) is 5.69. The zero-order chi connectivity index (χ0) is 10.0. The Hall–Kier alpha value is -0.570. The highest BCUT2D eigenvalue weighted by atomic mass is 16.4. The van der Waals surface area contributed by atoms with E-state index in [1.165, 1.54) is 25.7 Å². The van der Waals surface area contributed by atoms with Crippen molar-refractivity contribution < 1.29 is 5.21 Å². The molecule has 0 aromatic heterocycles. The van der Waals surface area contributed by atoms with Gasteiger partial charge in [-0.15, -0.1) is 0 Å². The average Bonchev–Trinajstić information content (AvgIpc) is 2.67. The minimum Gasteiger partial charge on any atom is -0.411 e. The van der Waals surface area contributed by atoms with Crippen LogP contribution in [0.25, 0.3) is 0 Å². The summed E-state index contributed by atoms with van der Waals surface area (Å²) in [7, 11) is 0. The molecular weight excluding hydrogens is 176 g/mol. The van der Waals surface area contributed by atoms with Crippen LogP contribution in [-0.2, 0) is 0 Å². The van der Waals surface area contributed by atoms with Crippen molar-refractivity contribution in [3.8, 4) is 0 Å². The summed E-state index contributed by atoms with van der Waals surface area (Å²) < 4.78 is 0. The van der Waals surface area contributed by atoms with Crippen LogP contribution in [0.1, 0.15) is 45.4 Å². The molecule has 0 radical (unpaired) electrons. The fourth-order valence-corrected chi connectivity index (χ4v) is 2.86. The maximum Gasteiger partial charge on any atom is 0.0596 e. The Labute approximate surface area is 85.8 Å². The fourth-order valence-electron chi connectivity index (χ4n) is 2.86. The number of oxime groups is 1. The van der Waals surface area contributed by atoms with Crippen LogP contribution < -0.4 is 0 Å². The molecule has 3 heteroatoms. The Bertz CT molecular complexity index is 221. The summed E-state index contributed by atoms with van der Waals surface area (Å²) in [5.74, 6) is 0. The topological polar surface area (TPSA) is 35.8 Å². The van der Waals surface area contributed by atoms with Crippen molar-refractivity contribution in [3.05, 3.63) is 0 Å². The molecule has 1 saturated heterocycles. The number of hydrogen-bond acceptors (Lipinski definition) is 3. The summed E-state index contributed by atoms with van der Waals surface area (Å²) in [6.45, 7) is 4.55. The van der Waals surface area contributed by atoms with E-state index < -0.39 is 0 Å². The van der Waals surface area contributed by atoms with Crippen LogP contribution in [0, 0.1) is 0 Å². The molecule has 0 aromatic rings. The van der Waals surface area contributed by atoms with Gasteiger partial charge in [0.25, 0.3) is 0 Å². The quantitative estimate of drug-likeness (QED) is 0.515. The van der Waals surface area contributed by atoms with Gasteiger partial charge in [0, 0.05) is 31.5 Å². The first kappa shape index (κ1) is 9.97. The zero-order valence-corrected chi connectivity index (χ0v) is 9.00. The molecule has 0 spiro atoms. The molecule has 1 aliphatic carbocycles. The Morgan fingerprint density at radius 1 is 1.21 bits per heavy atom. The average molecular weight is 196 g/mol. The Morgan fingerprint density at radius 3 is 2.29 bits per heavy atom. The lowest BCUT2D eigenvalue weighted by Crippen LogP contribution is -2.48. The molecule has 1 aliphatic heterocycles. The number of nitrogens with zero attached hydrogens (tertiary/aromatic N) is 2. The first-order chi connectivity index (χ1) is 6.74. The summed E-state index contributed by atoms with van der Waals surface area (Å²) >= 11 is 0. The largest absolute Gasteiger partial charge is 0.411 e. The standard InChI is InChI=1S/C11H20N2O/c1-11(6-2-3-7-11)13-8-4-10(12-14)5-9-13/h14H,2-9H2,1H3. The molecule has 1 heterocycles. The van der Waals surface area contributed by atoms with Gasteiger partial charge in [-0.25, -0.2) is 0 Å². The summed E-state index contributed by atoms with van der Waals surface area (Å²) in [4.78, 5) is 2.59. The summed E-state index contributed by atoms with van der Waals surface area (Å²) in [5, 5.41) is 12.0. The number of hydrogen-bond donors (Lipinski definition) is 1. The van der Waals surface area contributed by atoms with Gasteiger partial charge >= 0.3 is 0 Å². The normalized spacial score (nSPS) is 27.9. The van der Waals surface area contributed by atoms with Crippen molar-refractivity contribution in [2.45, 2.75) is 51.0 Å². The molecule has 3 nitrogen and oxygen atoms in total. The molecule has 2 aliphatic rings. The van der Waals surface area contributed by atoms with E-state index in [9.17, 15) is 0 Å². The minimum atomic E-state index is 0.445. The van der Waals surface area contributed by atoms with Gasteiger partial charge in [-0.2, -0.15) is 0 Å². The van der Waals surface area contributed by atoms with Crippen molar-refractivity contribution in [1.29, 1.82) is 0 Å². The molecule has 1 saturated carbocycles. The van der Waals surface area contributed by atoms with E-state index in [0.29, 0.717) is 5.54 Å². The van der Waals surface area contributed by atoms with E-state index in [-0.39, 0.29) is 0 Å². The van der Waals surface area contributed by atoms with Crippen LogP contribution in [0.15, 0.2) is 5.16 Å². The van der Waals surface area contributed by atoms with Gasteiger partial charge in [0.15, 0.2) is 0 Å². The van der Waals surface area contributed by atoms with Gasteiger partial charge in [0.2, 0.25) is 0 Å². The highest BCUT2D eigenvalue weighted by molar-refractivity contribution is 5.84. The summed E-state index contributed by atoms with van der Waals surface area (Å²) in [6, 6.07) is 0. The maximum absolute atomic E-state index is 8.68. The molecule has 0 bridgehead atoms. The molecule has 2 fully saturated rings. The van der Waals surface area contributed by atoms with E-state index >= 15 is 0 Å². The van der Waals surface area contributed by atoms with Crippen molar-refractivity contribution >= 4 is 5.71 Å². The van der Waals surface area contributed by atoms with Gasteiger partial charge < -0.3 is 5.21 Å². The van der Waals surface area contributed by atoms with Gasteiger partial charge in [-0.1, -0.05) is 18.0 Å². The molecule has 0 amide bonds. The van der Waals surface area contributed by atoms with Crippen LogP contribution in [-0.4, -0.2) is 34.4 Å². The third-order valence-electron chi connectivity index (χ3n) is 3.93. The monoisotopic (exact) mass is 196 g/mol. The molecule has 0 aromatic carbocycles. The van der Waals surface area contributed by atoms with Crippen molar-refractivity contribution in [2.24, 2.45) is 5.16 Å². The summed E-state index contributed by atoms with van der Waals surface area (Å²) in [5.41, 5.74) is 1.42. The third kappa shape index (κ3) is 1.78. The second-order valence-electron chi connectivity index (χ2n) is 4.86. The summed E-state index contributed by atoms with van der Waals surface area (Å²) in [6.07, 6.45) is 7.36. The van der Waals surface area contributed by atoms with Crippen molar-refractivity contribution in [2.75, 3.05) is 13.1 Å². The Balaban J connectivity index is 1.94. The van der Waals surface area contributed by atoms with Crippen LogP contribution in [0.4, 0.5) is 0 Å². The van der Waals surface area contributed by atoms with Crippen LogP contribution in [0.2, 0.25) is 0 Å². The molecule has 1 N–H and O–H groups in total. The molecule has 14 heavy (non-hydrogen) atoms. The van der Waals surface area contributed by atoms with E-state index in [0.717, 1.165) is 31.6 Å². The number of rotatable bonds is 1. The van der Waals surface area contributed by atoms with E-state index in [1.807, 2.05) is 0 Å². The van der Waals surface area contributed by atoms with Crippen LogP contribution >= 0.6 is 0 Å². The van der Waals surface area contributed by atoms with E-state index in [2.05, 4.69) is 17.0 Å². The SMILES string of the molecule is CC1(N2CCC(=NO)CC2)CCCC1. The lowest BCUT2D eigenvalue weighted by Gasteiger charge is -2.41. The Morgan fingerprint density at radius 2 is 1.79 bits per heavy atom. The molecular formula is C11H20N2O. The van der Waals surface area contributed by atoms with Crippen LogP contribution in [0.5, 0.6) is 0 Å². The van der Waals surface area contributed by atoms with Crippen molar-refractivity contribution in [1.82, 2.24) is 4.90 Å². The van der Waals surface area contributed by atoms with Gasteiger partial charge in [-0.3, -0.25) is 4.90 Å². The molecule has 0 atom stereocenters. The third-order valence-corrected chi connectivity index (χ3v) is 3.93. The fraction of sp³-hybridized carbons (Fsp3) is 0.909. The highest BCUT2D eigenvalue weighted by Gasteiger charge is 2.35. The van der Waals surface area contributed by atoms with Gasteiger partial charge in [0.1, 0.15) is 0 Å². The smallest absolute Gasteiger partial charge is 0.0596 e. The van der Waals surface area contributed by atoms with E-state index in [1.54, 1.807) is 0 Å².